The molecular formula is C19H24N4S. The maximum Gasteiger partial charge on any atom is 0.170 e. The number of thiocarbonyl (C=S) groups is 1. The predicted molar refractivity (Wildman–Crippen MR) is 99.7 cm³/mol. The standard InChI is InChI=1S/C19H24N4S/c1-2-22-13-7-11-16(22)18-17(15-10-5-6-12-20-15)21-19(24)23(18)14-8-3-4-9-14/h5-7,10-14,17-18H,2-4,8-9H2,1H3,(H,21,24)/t17-,18+/m0/s1. The molecule has 1 saturated carbocycles. The summed E-state index contributed by atoms with van der Waals surface area (Å²) in [6, 6.07) is 11.4. The third-order valence-electron chi connectivity index (χ3n) is 5.36. The summed E-state index contributed by atoms with van der Waals surface area (Å²) in [6.45, 7) is 3.17. The first-order chi connectivity index (χ1) is 11.8. The summed E-state index contributed by atoms with van der Waals surface area (Å²) in [4.78, 5) is 7.08. The minimum Gasteiger partial charge on any atom is -0.352 e. The Morgan fingerprint density at radius 3 is 2.75 bits per heavy atom. The van der Waals surface area contributed by atoms with Gasteiger partial charge in [-0.1, -0.05) is 18.9 Å². The Labute approximate surface area is 148 Å². The van der Waals surface area contributed by atoms with Crippen LogP contribution in [-0.2, 0) is 6.54 Å². The van der Waals surface area contributed by atoms with Gasteiger partial charge in [0, 0.05) is 30.7 Å². The largest absolute Gasteiger partial charge is 0.352 e. The van der Waals surface area contributed by atoms with Gasteiger partial charge in [-0.15, -0.1) is 0 Å². The minimum absolute atomic E-state index is 0.111. The van der Waals surface area contributed by atoms with Gasteiger partial charge in [-0.3, -0.25) is 4.98 Å². The maximum absolute atomic E-state index is 5.76. The number of rotatable bonds is 4. The minimum atomic E-state index is 0.111. The quantitative estimate of drug-likeness (QED) is 0.858. The topological polar surface area (TPSA) is 33.1 Å². The van der Waals surface area contributed by atoms with Gasteiger partial charge in [0.2, 0.25) is 0 Å². The first-order valence-corrected chi connectivity index (χ1v) is 9.35. The number of pyridine rings is 1. The number of nitrogens with zero attached hydrogens (tertiary/aromatic N) is 3. The molecular weight excluding hydrogens is 316 g/mol. The predicted octanol–water partition coefficient (Wildman–Crippen LogP) is 3.82. The van der Waals surface area contributed by atoms with Crippen molar-refractivity contribution in [2.45, 2.75) is 57.3 Å². The molecule has 1 saturated heterocycles. The number of nitrogens with one attached hydrogen (secondary N) is 1. The number of hydrogen-bond acceptors (Lipinski definition) is 2. The van der Waals surface area contributed by atoms with Gasteiger partial charge in [-0.2, -0.15) is 0 Å². The van der Waals surface area contributed by atoms with Crippen molar-refractivity contribution >= 4 is 17.3 Å². The smallest absolute Gasteiger partial charge is 0.170 e. The molecule has 0 unspecified atom stereocenters. The summed E-state index contributed by atoms with van der Waals surface area (Å²) in [7, 11) is 0. The Morgan fingerprint density at radius 2 is 2.04 bits per heavy atom. The average Bonchev–Trinajstić information content (AvgIpc) is 3.34. The second-order valence-electron chi connectivity index (χ2n) is 6.69. The molecule has 3 heterocycles. The summed E-state index contributed by atoms with van der Waals surface area (Å²) < 4.78 is 2.33. The van der Waals surface area contributed by atoms with Crippen LogP contribution in [0.5, 0.6) is 0 Å². The second kappa shape index (κ2) is 6.55. The first kappa shape index (κ1) is 15.6. The summed E-state index contributed by atoms with van der Waals surface area (Å²) in [5.74, 6) is 0. The molecule has 4 nitrogen and oxygen atoms in total. The molecule has 2 aromatic heterocycles. The van der Waals surface area contributed by atoms with E-state index in [1.54, 1.807) is 0 Å². The van der Waals surface area contributed by atoms with Gasteiger partial charge in [0.05, 0.1) is 17.8 Å². The van der Waals surface area contributed by atoms with Gasteiger partial charge < -0.3 is 14.8 Å². The van der Waals surface area contributed by atoms with Crippen molar-refractivity contribution in [1.82, 2.24) is 19.8 Å². The van der Waals surface area contributed by atoms with Crippen molar-refractivity contribution in [3.05, 3.63) is 54.1 Å². The molecule has 0 amide bonds. The third-order valence-corrected chi connectivity index (χ3v) is 5.69. The SMILES string of the molecule is CCn1cccc1[C@@H]1[C@H](c2ccccn2)NC(=S)N1C1CCCC1. The summed E-state index contributed by atoms with van der Waals surface area (Å²) in [5.41, 5.74) is 2.39. The molecule has 0 radical (unpaired) electrons. The lowest BCUT2D eigenvalue weighted by atomic mass is 9.99. The van der Waals surface area contributed by atoms with Gasteiger partial charge in [0.1, 0.15) is 0 Å². The zero-order valence-electron chi connectivity index (χ0n) is 14.1. The van der Waals surface area contributed by atoms with Crippen LogP contribution in [0.15, 0.2) is 42.7 Å². The molecule has 1 N–H and O–H groups in total. The van der Waals surface area contributed by atoms with E-state index in [2.05, 4.69) is 57.2 Å². The van der Waals surface area contributed by atoms with E-state index in [4.69, 9.17) is 12.2 Å². The molecule has 2 aromatic rings. The fraction of sp³-hybridized carbons (Fsp3) is 0.474. The highest BCUT2D eigenvalue weighted by molar-refractivity contribution is 7.80. The molecule has 4 rings (SSSR count). The van der Waals surface area contributed by atoms with Crippen LogP contribution in [0.2, 0.25) is 0 Å². The fourth-order valence-corrected chi connectivity index (χ4v) is 4.63. The molecule has 5 heteroatoms. The van der Waals surface area contributed by atoms with Gasteiger partial charge in [0.15, 0.2) is 5.11 Å². The van der Waals surface area contributed by atoms with Crippen molar-refractivity contribution in [2.24, 2.45) is 0 Å². The Bertz CT molecular complexity index is 705. The highest BCUT2D eigenvalue weighted by Gasteiger charge is 2.44. The Kier molecular flexibility index (Phi) is 4.27. The molecule has 2 atom stereocenters. The van der Waals surface area contributed by atoms with E-state index in [0.29, 0.717) is 6.04 Å². The van der Waals surface area contributed by atoms with Crippen LogP contribution in [0.1, 0.15) is 56.1 Å². The van der Waals surface area contributed by atoms with E-state index in [9.17, 15) is 0 Å². The molecule has 0 bridgehead atoms. The third kappa shape index (κ3) is 2.61. The molecule has 0 aromatic carbocycles. The van der Waals surface area contributed by atoms with Crippen LogP contribution in [0, 0.1) is 0 Å². The van der Waals surface area contributed by atoms with Gasteiger partial charge in [-0.05, 0) is 56.2 Å². The Morgan fingerprint density at radius 1 is 1.21 bits per heavy atom. The van der Waals surface area contributed by atoms with Crippen molar-refractivity contribution < 1.29 is 0 Å². The average molecular weight is 340 g/mol. The van der Waals surface area contributed by atoms with Crippen LogP contribution < -0.4 is 5.32 Å². The number of aryl methyl sites for hydroxylation is 1. The monoisotopic (exact) mass is 340 g/mol. The van der Waals surface area contributed by atoms with Crippen LogP contribution in [0.25, 0.3) is 0 Å². The number of hydrogen-bond donors (Lipinski definition) is 1. The summed E-state index contributed by atoms with van der Waals surface area (Å²) in [6.07, 6.45) is 9.12. The van der Waals surface area contributed by atoms with E-state index < -0.39 is 0 Å². The highest BCUT2D eigenvalue weighted by Crippen LogP contribution is 2.42. The highest BCUT2D eigenvalue weighted by atomic mass is 32.1. The van der Waals surface area contributed by atoms with E-state index in [1.165, 1.54) is 31.4 Å². The Hall–Kier alpha value is -1.88. The van der Waals surface area contributed by atoms with Crippen molar-refractivity contribution in [3.63, 3.8) is 0 Å². The van der Waals surface area contributed by atoms with Crippen molar-refractivity contribution in [3.8, 4) is 0 Å². The van der Waals surface area contributed by atoms with E-state index >= 15 is 0 Å². The van der Waals surface area contributed by atoms with E-state index in [1.807, 2.05) is 12.3 Å². The van der Waals surface area contributed by atoms with Gasteiger partial charge >= 0.3 is 0 Å². The zero-order valence-corrected chi connectivity index (χ0v) is 14.9. The molecule has 2 aliphatic rings. The van der Waals surface area contributed by atoms with E-state index in [-0.39, 0.29) is 12.1 Å². The summed E-state index contributed by atoms with van der Waals surface area (Å²) >= 11 is 5.76. The molecule has 1 aliphatic carbocycles. The molecule has 126 valence electrons. The lowest BCUT2D eigenvalue weighted by molar-refractivity contribution is 0.237. The lowest BCUT2D eigenvalue weighted by Crippen LogP contribution is -2.38. The normalized spacial score (nSPS) is 24.5. The van der Waals surface area contributed by atoms with E-state index in [0.717, 1.165) is 17.4 Å². The number of aromatic nitrogens is 2. The Balaban J connectivity index is 1.77. The zero-order chi connectivity index (χ0) is 16.5. The van der Waals surface area contributed by atoms with Crippen LogP contribution in [0.4, 0.5) is 0 Å². The van der Waals surface area contributed by atoms with Crippen LogP contribution in [-0.4, -0.2) is 25.6 Å². The second-order valence-corrected chi connectivity index (χ2v) is 7.08. The van der Waals surface area contributed by atoms with Gasteiger partial charge in [-0.25, -0.2) is 0 Å². The molecule has 24 heavy (non-hydrogen) atoms. The molecule has 2 fully saturated rings. The summed E-state index contributed by atoms with van der Waals surface area (Å²) in [5, 5.41) is 4.45. The maximum atomic E-state index is 5.76. The van der Waals surface area contributed by atoms with Crippen LogP contribution >= 0.6 is 12.2 Å². The first-order valence-electron chi connectivity index (χ1n) is 8.94. The fourth-order valence-electron chi connectivity index (χ4n) is 4.24. The molecule has 1 aliphatic heterocycles. The molecule has 0 spiro atoms. The van der Waals surface area contributed by atoms with Crippen molar-refractivity contribution in [2.75, 3.05) is 0 Å². The van der Waals surface area contributed by atoms with Crippen LogP contribution in [0.3, 0.4) is 0 Å². The van der Waals surface area contributed by atoms with Crippen molar-refractivity contribution in [1.29, 1.82) is 0 Å². The van der Waals surface area contributed by atoms with Gasteiger partial charge in [0.25, 0.3) is 0 Å². The lowest BCUT2D eigenvalue weighted by Gasteiger charge is -2.33.